The van der Waals surface area contributed by atoms with Crippen molar-refractivity contribution >= 4 is 17.4 Å². The Morgan fingerprint density at radius 3 is 3.15 bits per heavy atom. The van der Waals surface area contributed by atoms with E-state index in [1.54, 1.807) is 18.3 Å². The van der Waals surface area contributed by atoms with Crippen LogP contribution in [0.2, 0.25) is 0 Å². The highest BCUT2D eigenvalue weighted by atomic mass is 16.5. The van der Waals surface area contributed by atoms with Crippen LogP contribution in [0.5, 0.6) is 5.75 Å². The molecule has 1 aromatic carbocycles. The number of rotatable bonds is 2. The molecule has 0 spiro atoms. The van der Waals surface area contributed by atoms with Crippen LogP contribution in [0.25, 0.3) is 10.9 Å². The highest BCUT2D eigenvalue weighted by Gasteiger charge is 2.02. The number of aromatic nitrogens is 3. The molecule has 0 N–H and O–H groups in total. The van der Waals surface area contributed by atoms with E-state index in [-0.39, 0.29) is 0 Å². The topological polar surface area (TPSA) is 65.0 Å². The van der Waals surface area contributed by atoms with Crippen molar-refractivity contribution in [3.8, 4) is 5.75 Å². The predicted octanol–water partition coefficient (Wildman–Crippen LogP) is 0.560. The summed E-state index contributed by atoms with van der Waals surface area (Å²) in [7, 11) is 0. The van der Waals surface area contributed by atoms with Gasteiger partial charge in [0.25, 0.3) is 6.47 Å². The van der Waals surface area contributed by atoms with E-state index in [0.717, 1.165) is 5.39 Å². The molecule has 5 heteroatoms. The standard InChI is InChI=1S/C8H5N3O2/c12-5-13-7-3-1-2-6-4-9-11-10-8(6)7/h1-5H. The first kappa shape index (κ1) is 7.60. The third-order valence-corrected chi connectivity index (χ3v) is 1.60. The average molecular weight is 175 g/mol. The first-order chi connectivity index (χ1) is 6.42. The summed E-state index contributed by atoms with van der Waals surface area (Å²) in [6, 6.07) is 5.21. The Labute approximate surface area is 73.3 Å². The summed E-state index contributed by atoms with van der Waals surface area (Å²) in [4.78, 5) is 10.1. The highest BCUT2D eigenvalue weighted by Crippen LogP contribution is 2.20. The third kappa shape index (κ3) is 1.31. The molecule has 1 heterocycles. The number of nitrogens with zero attached hydrogens (tertiary/aromatic N) is 3. The quantitative estimate of drug-likeness (QED) is 0.624. The predicted molar refractivity (Wildman–Crippen MR) is 44.0 cm³/mol. The van der Waals surface area contributed by atoms with Crippen molar-refractivity contribution in [3.63, 3.8) is 0 Å². The number of carbonyl (C=O) groups is 1. The molecule has 0 saturated carbocycles. The van der Waals surface area contributed by atoms with E-state index >= 15 is 0 Å². The van der Waals surface area contributed by atoms with Gasteiger partial charge in [0.2, 0.25) is 0 Å². The van der Waals surface area contributed by atoms with E-state index in [2.05, 4.69) is 15.4 Å². The van der Waals surface area contributed by atoms with Crippen LogP contribution in [-0.2, 0) is 4.79 Å². The van der Waals surface area contributed by atoms with Gasteiger partial charge in [-0.1, -0.05) is 12.1 Å². The molecule has 0 amide bonds. The van der Waals surface area contributed by atoms with Gasteiger partial charge in [-0.25, -0.2) is 0 Å². The minimum atomic E-state index is 0.358. The van der Waals surface area contributed by atoms with Crippen molar-refractivity contribution in [2.45, 2.75) is 0 Å². The monoisotopic (exact) mass is 175 g/mol. The molecule has 0 aliphatic heterocycles. The maximum Gasteiger partial charge on any atom is 0.298 e. The number of fused-ring (bicyclic) bond motifs is 1. The maximum atomic E-state index is 10.1. The minimum absolute atomic E-state index is 0.358. The fourth-order valence-corrected chi connectivity index (χ4v) is 1.06. The zero-order valence-corrected chi connectivity index (χ0v) is 6.54. The van der Waals surface area contributed by atoms with Crippen LogP contribution in [0.1, 0.15) is 0 Å². The lowest BCUT2D eigenvalue weighted by Crippen LogP contribution is -1.93. The van der Waals surface area contributed by atoms with Crippen molar-refractivity contribution in [1.29, 1.82) is 0 Å². The molecule has 13 heavy (non-hydrogen) atoms. The molecule has 2 aromatic rings. The van der Waals surface area contributed by atoms with Crippen LogP contribution in [0.4, 0.5) is 0 Å². The second kappa shape index (κ2) is 3.14. The number of hydrogen-bond acceptors (Lipinski definition) is 5. The summed E-state index contributed by atoms with van der Waals surface area (Å²) < 4.78 is 4.71. The SMILES string of the molecule is O=COc1cccc2cnnnc12. The molecule has 0 atom stereocenters. The molecule has 0 unspecified atom stereocenters. The zero-order chi connectivity index (χ0) is 9.10. The van der Waals surface area contributed by atoms with Crippen LogP contribution in [0.3, 0.4) is 0 Å². The van der Waals surface area contributed by atoms with Crippen molar-refractivity contribution in [1.82, 2.24) is 15.4 Å². The van der Waals surface area contributed by atoms with Crippen molar-refractivity contribution in [3.05, 3.63) is 24.4 Å². The molecule has 2 rings (SSSR count). The van der Waals surface area contributed by atoms with E-state index < -0.39 is 0 Å². The van der Waals surface area contributed by atoms with Gasteiger partial charge in [-0.15, -0.1) is 10.2 Å². The van der Waals surface area contributed by atoms with Gasteiger partial charge in [0, 0.05) is 5.39 Å². The van der Waals surface area contributed by atoms with E-state index in [9.17, 15) is 4.79 Å². The lowest BCUT2D eigenvalue weighted by Gasteiger charge is -1.99. The van der Waals surface area contributed by atoms with Crippen LogP contribution in [0, 0.1) is 0 Å². The Kier molecular flexibility index (Phi) is 1.84. The molecule has 64 valence electrons. The van der Waals surface area contributed by atoms with Gasteiger partial charge in [-0.05, 0) is 11.3 Å². The fraction of sp³-hybridized carbons (Fsp3) is 0. The number of hydrogen-bond donors (Lipinski definition) is 0. The Hall–Kier alpha value is -2.04. The Balaban J connectivity index is 2.68. The van der Waals surface area contributed by atoms with Gasteiger partial charge in [-0.2, -0.15) is 0 Å². The molecular formula is C8H5N3O2. The molecule has 1 aromatic heterocycles. The van der Waals surface area contributed by atoms with Gasteiger partial charge in [0.15, 0.2) is 5.75 Å². The van der Waals surface area contributed by atoms with Crippen molar-refractivity contribution in [2.75, 3.05) is 0 Å². The van der Waals surface area contributed by atoms with Crippen molar-refractivity contribution in [2.24, 2.45) is 0 Å². The van der Waals surface area contributed by atoms with Gasteiger partial charge < -0.3 is 4.74 Å². The molecule has 5 nitrogen and oxygen atoms in total. The van der Waals surface area contributed by atoms with Gasteiger partial charge in [0.05, 0.1) is 6.20 Å². The second-order valence-electron chi connectivity index (χ2n) is 2.34. The van der Waals surface area contributed by atoms with E-state index in [1.807, 2.05) is 6.07 Å². The fourth-order valence-electron chi connectivity index (χ4n) is 1.06. The summed E-state index contributed by atoms with van der Waals surface area (Å²) in [5, 5.41) is 11.6. The van der Waals surface area contributed by atoms with E-state index in [1.165, 1.54) is 0 Å². The summed E-state index contributed by atoms with van der Waals surface area (Å²) in [5.74, 6) is 0.391. The molecule has 0 aliphatic carbocycles. The highest BCUT2D eigenvalue weighted by molar-refractivity contribution is 5.83. The lowest BCUT2D eigenvalue weighted by atomic mass is 10.2. The normalized spacial score (nSPS) is 9.85. The minimum Gasteiger partial charge on any atom is -0.426 e. The van der Waals surface area contributed by atoms with Crippen LogP contribution in [-0.4, -0.2) is 21.9 Å². The number of ether oxygens (including phenoxy) is 1. The number of carbonyl (C=O) groups excluding carboxylic acids is 1. The smallest absolute Gasteiger partial charge is 0.298 e. The molecule has 0 radical (unpaired) electrons. The summed E-state index contributed by atoms with van der Waals surface area (Å²) >= 11 is 0. The first-order valence-corrected chi connectivity index (χ1v) is 3.59. The zero-order valence-electron chi connectivity index (χ0n) is 6.54. The van der Waals surface area contributed by atoms with Gasteiger partial charge in [-0.3, -0.25) is 4.79 Å². The van der Waals surface area contributed by atoms with Gasteiger partial charge in [0.1, 0.15) is 5.52 Å². The van der Waals surface area contributed by atoms with E-state index in [0.29, 0.717) is 17.7 Å². The lowest BCUT2D eigenvalue weighted by molar-refractivity contribution is -0.120. The van der Waals surface area contributed by atoms with Gasteiger partial charge >= 0.3 is 0 Å². The third-order valence-electron chi connectivity index (χ3n) is 1.60. The first-order valence-electron chi connectivity index (χ1n) is 3.59. The van der Waals surface area contributed by atoms with Crippen LogP contribution < -0.4 is 4.74 Å². The number of benzene rings is 1. The Bertz CT molecular complexity index is 439. The van der Waals surface area contributed by atoms with Crippen LogP contribution in [0.15, 0.2) is 24.4 Å². The largest absolute Gasteiger partial charge is 0.426 e. The molecule has 0 fully saturated rings. The second-order valence-corrected chi connectivity index (χ2v) is 2.34. The molecular weight excluding hydrogens is 170 g/mol. The van der Waals surface area contributed by atoms with Crippen LogP contribution >= 0.6 is 0 Å². The molecule has 0 saturated heterocycles. The van der Waals surface area contributed by atoms with E-state index in [4.69, 9.17) is 4.74 Å². The molecule has 0 bridgehead atoms. The molecule has 0 aliphatic rings. The Morgan fingerprint density at radius 1 is 1.38 bits per heavy atom. The Morgan fingerprint density at radius 2 is 2.31 bits per heavy atom. The maximum absolute atomic E-state index is 10.1. The average Bonchev–Trinajstić information content (AvgIpc) is 2.19. The summed E-state index contributed by atoms with van der Waals surface area (Å²) in [6.45, 7) is 0.358. The summed E-state index contributed by atoms with van der Waals surface area (Å²) in [5.41, 5.74) is 0.532. The summed E-state index contributed by atoms with van der Waals surface area (Å²) in [6.07, 6.45) is 1.56. The van der Waals surface area contributed by atoms with Crippen molar-refractivity contribution < 1.29 is 9.53 Å².